The molecule has 3 heterocycles. The number of benzene rings is 3. The maximum absolute atomic E-state index is 14.5. The number of rotatable bonds is 11. The minimum atomic E-state index is -0.163. The molecular weight excluding hydrogens is 582 g/mol. The molecule has 0 radical (unpaired) electrons. The largest absolute Gasteiger partial charge is 0.497 e. The van der Waals surface area contributed by atoms with Gasteiger partial charge in [0.25, 0.3) is 5.56 Å². The Bertz CT molecular complexity index is 1910. The molecule has 46 heavy (non-hydrogen) atoms. The number of anilines is 5. The van der Waals surface area contributed by atoms with Crippen LogP contribution in [0.5, 0.6) is 11.5 Å². The van der Waals surface area contributed by atoms with E-state index in [1.807, 2.05) is 67.7 Å². The van der Waals surface area contributed by atoms with Gasteiger partial charge in [-0.25, -0.2) is 4.98 Å². The van der Waals surface area contributed by atoms with E-state index in [2.05, 4.69) is 38.4 Å². The van der Waals surface area contributed by atoms with Crippen molar-refractivity contribution in [3.63, 3.8) is 0 Å². The molecule has 11 heteroatoms. The van der Waals surface area contributed by atoms with Crippen LogP contribution in [0.3, 0.4) is 0 Å². The summed E-state index contributed by atoms with van der Waals surface area (Å²) in [6, 6.07) is 21.6. The number of fused-ring (bicyclic) bond motifs is 2. The number of aromatic nitrogens is 3. The second-order valence-corrected chi connectivity index (χ2v) is 11.2. The van der Waals surface area contributed by atoms with Gasteiger partial charge in [-0.1, -0.05) is 12.1 Å². The van der Waals surface area contributed by atoms with Crippen molar-refractivity contribution in [3.05, 3.63) is 94.4 Å². The average Bonchev–Trinajstić information content (AvgIpc) is 3.09. The third-order valence-corrected chi connectivity index (χ3v) is 8.30. The summed E-state index contributed by atoms with van der Waals surface area (Å²) in [5.74, 6) is 1.79. The first-order valence-electron chi connectivity index (χ1n) is 15.2. The molecule has 1 aliphatic heterocycles. The second-order valence-electron chi connectivity index (χ2n) is 11.2. The van der Waals surface area contributed by atoms with Gasteiger partial charge in [0.2, 0.25) is 5.95 Å². The molecule has 0 aliphatic carbocycles. The first-order chi connectivity index (χ1) is 22.4. The van der Waals surface area contributed by atoms with Crippen LogP contribution in [-0.4, -0.2) is 69.2 Å². The highest BCUT2D eigenvalue weighted by Gasteiger charge is 2.24. The summed E-state index contributed by atoms with van der Waals surface area (Å²) in [7, 11) is 6.95. The van der Waals surface area contributed by atoms with Gasteiger partial charge >= 0.3 is 0 Å². The highest BCUT2D eigenvalue weighted by molar-refractivity contribution is 5.86. The molecule has 238 valence electrons. The molecule has 0 spiro atoms. The maximum atomic E-state index is 14.5. The molecule has 0 bridgehead atoms. The first-order valence-corrected chi connectivity index (χ1v) is 15.2. The highest BCUT2D eigenvalue weighted by atomic mass is 16.5. The molecule has 0 amide bonds. The molecule has 2 N–H and O–H groups in total. The van der Waals surface area contributed by atoms with E-state index in [9.17, 15) is 4.79 Å². The molecule has 3 aromatic carbocycles. The van der Waals surface area contributed by atoms with Gasteiger partial charge < -0.3 is 34.6 Å². The SMILES string of the molecule is COCCN(C)c1ccc(-n2c(=O)c(N3CCNc4c(C)cccc43)cc3cnc(NCc4ccc(OC)cc4OC)nc32)cc1. The number of likely N-dealkylation sites (N-methyl/N-ethyl adjacent to an activating group) is 1. The van der Waals surface area contributed by atoms with Crippen LogP contribution in [0, 0.1) is 6.92 Å². The lowest BCUT2D eigenvalue weighted by Gasteiger charge is -2.33. The van der Waals surface area contributed by atoms with E-state index < -0.39 is 0 Å². The van der Waals surface area contributed by atoms with E-state index in [1.165, 1.54) is 0 Å². The van der Waals surface area contributed by atoms with Gasteiger partial charge in [0, 0.05) is 69.2 Å². The lowest BCUT2D eigenvalue weighted by molar-refractivity contribution is 0.206. The average molecular weight is 622 g/mol. The number of hydrogen-bond donors (Lipinski definition) is 2. The molecule has 11 nitrogen and oxygen atoms in total. The smallest absolute Gasteiger partial charge is 0.280 e. The minimum absolute atomic E-state index is 0.163. The van der Waals surface area contributed by atoms with E-state index in [-0.39, 0.29) is 5.56 Å². The predicted octanol–water partition coefficient (Wildman–Crippen LogP) is 5.36. The van der Waals surface area contributed by atoms with Gasteiger partial charge in [-0.15, -0.1) is 0 Å². The van der Waals surface area contributed by atoms with Crippen LogP contribution in [0.15, 0.2) is 77.7 Å². The predicted molar refractivity (Wildman–Crippen MR) is 184 cm³/mol. The number of nitrogens with one attached hydrogen (secondary N) is 2. The molecule has 1 aliphatic rings. The Morgan fingerprint density at radius 2 is 1.83 bits per heavy atom. The Kier molecular flexibility index (Phi) is 8.93. The summed E-state index contributed by atoms with van der Waals surface area (Å²) in [5, 5.41) is 7.56. The number of hydrogen-bond acceptors (Lipinski definition) is 10. The fraction of sp³-hybridized carbons (Fsp3) is 0.286. The number of methoxy groups -OCH3 is 3. The van der Waals surface area contributed by atoms with Crippen molar-refractivity contribution in [2.24, 2.45) is 0 Å². The summed E-state index contributed by atoms with van der Waals surface area (Å²) in [6.45, 7) is 5.21. The van der Waals surface area contributed by atoms with Crippen molar-refractivity contribution in [2.75, 3.05) is 75.1 Å². The van der Waals surface area contributed by atoms with E-state index in [0.29, 0.717) is 60.7 Å². The van der Waals surface area contributed by atoms with Crippen LogP contribution in [0.25, 0.3) is 16.7 Å². The van der Waals surface area contributed by atoms with Crippen LogP contribution < -0.4 is 35.5 Å². The van der Waals surface area contributed by atoms with Gasteiger partial charge in [-0.2, -0.15) is 4.98 Å². The summed E-state index contributed by atoms with van der Waals surface area (Å²) < 4.78 is 17.8. The van der Waals surface area contributed by atoms with E-state index in [4.69, 9.17) is 19.2 Å². The number of pyridine rings is 1. The minimum Gasteiger partial charge on any atom is -0.497 e. The summed E-state index contributed by atoms with van der Waals surface area (Å²) in [6.07, 6.45) is 1.77. The third kappa shape index (κ3) is 6.01. The summed E-state index contributed by atoms with van der Waals surface area (Å²) in [4.78, 5) is 28.2. The Labute approximate surface area is 268 Å². The van der Waals surface area contributed by atoms with E-state index >= 15 is 0 Å². The lowest BCUT2D eigenvalue weighted by atomic mass is 10.1. The third-order valence-electron chi connectivity index (χ3n) is 8.30. The van der Waals surface area contributed by atoms with Gasteiger partial charge in [0.1, 0.15) is 17.2 Å². The molecule has 5 aromatic rings. The van der Waals surface area contributed by atoms with Crippen molar-refractivity contribution in [2.45, 2.75) is 13.5 Å². The van der Waals surface area contributed by atoms with Gasteiger partial charge in [0.05, 0.1) is 37.9 Å². The molecular formula is C35H39N7O4. The van der Waals surface area contributed by atoms with Gasteiger partial charge in [-0.05, 0) is 61.0 Å². The highest BCUT2D eigenvalue weighted by Crippen LogP contribution is 2.36. The van der Waals surface area contributed by atoms with Crippen LogP contribution in [0.1, 0.15) is 11.1 Å². The Morgan fingerprint density at radius 1 is 1.00 bits per heavy atom. The second kappa shape index (κ2) is 13.4. The topological polar surface area (TPSA) is 106 Å². The monoisotopic (exact) mass is 621 g/mol. The molecule has 6 rings (SSSR count). The number of aryl methyl sites for hydroxylation is 1. The number of ether oxygens (including phenoxy) is 3. The fourth-order valence-corrected chi connectivity index (χ4v) is 5.76. The lowest BCUT2D eigenvalue weighted by Crippen LogP contribution is -2.35. The zero-order valence-corrected chi connectivity index (χ0v) is 26.8. The molecule has 2 aromatic heterocycles. The first kappa shape index (κ1) is 30.7. The zero-order chi connectivity index (χ0) is 32.2. The zero-order valence-electron chi connectivity index (χ0n) is 26.8. The van der Waals surface area contributed by atoms with Crippen LogP contribution in [-0.2, 0) is 11.3 Å². The Hall–Kier alpha value is -5.29. The Balaban J connectivity index is 1.44. The molecule has 0 fully saturated rings. The quantitative estimate of drug-likeness (QED) is 0.200. The summed E-state index contributed by atoms with van der Waals surface area (Å²) >= 11 is 0. The number of nitrogens with zero attached hydrogens (tertiary/aromatic N) is 5. The van der Waals surface area contributed by atoms with Crippen LogP contribution in [0.2, 0.25) is 0 Å². The van der Waals surface area contributed by atoms with Gasteiger partial charge in [-0.3, -0.25) is 9.36 Å². The van der Waals surface area contributed by atoms with Crippen LogP contribution >= 0.6 is 0 Å². The van der Waals surface area contributed by atoms with Crippen molar-refractivity contribution in [1.82, 2.24) is 14.5 Å². The maximum Gasteiger partial charge on any atom is 0.280 e. The molecule has 0 atom stereocenters. The molecule has 0 saturated carbocycles. The van der Waals surface area contributed by atoms with Crippen molar-refractivity contribution in [1.29, 1.82) is 0 Å². The molecule has 0 saturated heterocycles. The number of para-hydroxylation sites is 1. The molecule has 0 unspecified atom stereocenters. The fourth-order valence-electron chi connectivity index (χ4n) is 5.76. The van der Waals surface area contributed by atoms with E-state index in [1.54, 1.807) is 32.1 Å². The summed E-state index contributed by atoms with van der Waals surface area (Å²) in [5.41, 5.74) is 6.69. The van der Waals surface area contributed by atoms with Gasteiger partial charge in [0.15, 0.2) is 5.65 Å². The standard InChI is InChI=1S/C35H39N7O4/c1-23-7-6-8-29-32(23)36-15-16-41(29)30-19-25-22-38-35(37-21-24-9-14-28(45-4)20-31(24)46-5)39-33(25)42(34(30)43)27-12-10-26(11-13-27)40(2)17-18-44-3/h6-14,19-20,22,36H,15-18,21H2,1-5H3,(H,37,38,39). The van der Waals surface area contributed by atoms with Crippen molar-refractivity contribution in [3.8, 4) is 17.2 Å². The van der Waals surface area contributed by atoms with Crippen molar-refractivity contribution >= 4 is 39.7 Å². The normalized spacial score (nSPS) is 12.4. The van der Waals surface area contributed by atoms with Crippen LogP contribution in [0.4, 0.5) is 28.7 Å². The van der Waals surface area contributed by atoms with Crippen molar-refractivity contribution < 1.29 is 14.2 Å². The van der Waals surface area contributed by atoms with E-state index in [0.717, 1.165) is 40.1 Å². The Morgan fingerprint density at radius 3 is 2.59 bits per heavy atom.